The number of primary amides is 1. The van der Waals surface area contributed by atoms with Crippen LogP contribution < -0.4 is 85.5 Å². The molecule has 0 spiro atoms. The molecule has 0 aliphatic carbocycles. The van der Waals surface area contributed by atoms with Gasteiger partial charge >= 0.3 is 35.8 Å². The van der Waals surface area contributed by atoms with Crippen LogP contribution in [0, 0.1) is 17.8 Å². The fourth-order valence-electron chi connectivity index (χ4n) is 10.8. The molecule has 0 bridgehead atoms. The highest BCUT2D eigenvalue weighted by Crippen LogP contribution is 2.15. The summed E-state index contributed by atoms with van der Waals surface area (Å²) in [7, 11) is 0. The van der Waals surface area contributed by atoms with Crippen molar-refractivity contribution in [1.82, 2.24) is 79.8 Å². The number of carbonyl (C=O) groups is 22. The summed E-state index contributed by atoms with van der Waals surface area (Å²) in [5, 5.41) is 112. The average molecular weight is 1670 g/mol. The summed E-state index contributed by atoms with van der Waals surface area (Å²) in [5.41, 5.74) is 5.63. The van der Waals surface area contributed by atoms with Crippen LogP contribution in [-0.4, -0.2) is 275 Å². The summed E-state index contributed by atoms with van der Waals surface area (Å²) < 4.78 is 0. The third-order valence-corrected chi connectivity index (χ3v) is 16.8. The number of aliphatic carboxylic acids is 6. The Morgan fingerprint density at radius 3 is 0.880 bits per heavy atom. The molecular weight excluding hydrogens is 1560 g/mol. The maximum absolute atomic E-state index is 14.3. The third kappa shape index (κ3) is 39.9. The van der Waals surface area contributed by atoms with E-state index in [0.29, 0.717) is 5.56 Å². The second-order valence-corrected chi connectivity index (χ2v) is 28.7. The summed E-state index contributed by atoms with van der Waals surface area (Å²) in [4.78, 5) is 289. The zero-order valence-corrected chi connectivity index (χ0v) is 66.2. The van der Waals surface area contributed by atoms with Crippen molar-refractivity contribution < 1.29 is 146 Å². The lowest BCUT2D eigenvalue weighted by molar-refractivity contribution is -0.143. The van der Waals surface area contributed by atoms with Gasteiger partial charge in [0, 0.05) is 26.2 Å². The van der Waals surface area contributed by atoms with E-state index in [1.165, 1.54) is 34.6 Å². The highest BCUT2D eigenvalue weighted by atomic mass is 16.4. The number of rotatable bonds is 54. The lowest BCUT2D eigenvalue weighted by Gasteiger charge is -2.29. The van der Waals surface area contributed by atoms with Gasteiger partial charge in [-0.1, -0.05) is 71.9 Å². The van der Waals surface area contributed by atoms with Crippen molar-refractivity contribution in [3.8, 4) is 0 Å². The first-order valence-corrected chi connectivity index (χ1v) is 36.8. The Bertz CT molecular complexity index is 3730. The van der Waals surface area contributed by atoms with Gasteiger partial charge in [-0.25, -0.2) is 0 Å². The molecule has 16 amide bonds. The molecule has 0 aromatic heterocycles. The zero-order chi connectivity index (χ0) is 89.6. The Balaban J connectivity index is 3.60. The van der Waals surface area contributed by atoms with E-state index in [-0.39, 0.29) is 25.2 Å². The first-order chi connectivity index (χ1) is 54.3. The van der Waals surface area contributed by atoms with Gasteiger partial charge in [-0.2, -0.15) is 0 Å². The van der Waals surface area contributed by atoms with E-state index in [0.717, 1.165) is 27.7 Å². The fraction of sp³-hybridized carbons (Fsp3) is 0.606. The first-order valence-electron chi connectivity index (χ1n) is 36.8. The minimum atomic E-state index is -2.24. The maximum Gasteiger partial charge on any atom is 0.305 e. The molecule has 0 aliphatic rings. The van der Waals surface area contributed by atoms with Gasteiger partial charge in [0.15, 0.2) is 0 Å². The molecule has 117 heavy (non-hydrogen) atoms. The molecule has 16 atom stereocenters. The number of benzene rings is 1. The summed E-state index contributed by atoms with van der Waals surface area (Å²) in [5.74, 6) is -30.8. The molecule has 0 heterocycles. The van der Waals surface area contributed by atoms with Crippen LogP contribution >= 0.6 is 0 Å². The Morgan fingerprint density at radius 2 is 0.564 bits per heavy atom. The van der Waals surface area contributed by atoms with E-state index in [2.05, 4.69) is 74.4 Å². The first kappa shape index (κ1) is 102. The molecule has 0 saturated heterocycles. The predicted molar refractivity (Wildman–Crippen MR) is 401 cm³/mol. The molecule has 0 aliphatic heterocycles. The number of nitrogens with one attached hydrogen (secondary N) is 15. The summed E-state index contributed by atoms with van der Waals surface area (Å²) in [6.45, 7) is 13.9. The molecule has 0 fully saturated rings. The number of carbonyl (C=O) groups excluding carboxylic acids is 16. The van der Waals surface area contributed by atoms with Crippen molar-refractivity contribution in [1.29, 1.82) is 0 Å². The summed E-state index contributed by atoms with van der Waals surface area (Å²) in [6, 6.07) is -19.1. The molecule has 652 valence electrons. The normalized spacial score (nSPS) is 15.1. The quantitative estimate of drug-likeness (QED) is 0.0288. The molecule has 0 saturated carbocycles. The Kier molecular flexibility index (Phi) is 44.4. The van der Waals surface area contributed by atoms with Crippen LogP contribution in [0.5, 0.6) is 0 Å². The predicted octanol–water partition coefficient (Wildman–Crippen LogP) is -7.79. The molecule has 46 nitrogen and oxygen atoms in total. The van der Waals surface area contributed by atoms with Gasteiger partial charge in [0.25, 0.3) is 0 Å². The third-order valence-electron chi connectivity index (χ3n) is 16.8. The van der Waals surface area contributed by atoms with Crippen molar-refractivity contribution in [3.05, 3.63) is 35.9 Å². The van der Waals surface area contributed by atoms with Crippen LogP contribution in [-0.2, 0) is 112 Å². The SMILES string of the molecule is CC(=O)N[C@@H](CC(=O)O)C(=O)N[C@@H](Cc1ccccc1)C(=O)N[C@@H](C)C(=O)N[C@@H](C)C(=O)N[C@@H](CC(=O)O)C(=O)N[C@@H](CC(=O)O)C(=O)N[C@@H](CC(C)C)C(=O)N[C@@H](CCC(=O)O)C(=O)N[C@@H](CCC(=O)O)C(=O)N[C@@H](CC(C)C)C(=O)N[C@@H](CC(=O)O)C(=O)N[C@H](C(=O)N[C@@H](CC(C)C)C(=O)N[C@@H](C)C(=O)N[C@@H](CO)C(N)=O)[C@@H](C)O. The van der Waals surface area contributed by atoms with Crippen molar-refractivity contribution in [2.75, 3.05) is 6.61 Å². The summed E-state index contributed by atoms with van der Waals surface area (Å²) >= 11 is 0. The minimum absolute atomic E-state index is 0.134. The average Bonchev–Trinajstić information content (AvgIpc) is 0.848. The van der Waals surface area contributed by atoms with Crippen molar-refractivity contribution in [3.63, 3.8) is 0 Å². The van der Waals surface area contributed by atoms with Crippen molar-refractivity contribution in [2.45, 2.75) is 250 Å². The number of hydrogen-bond donors (Lipinski definition) is 24. The van der Waals surface area contributed by atoms with Crippen LogP contribution in [0.15, 0.2) is 30.3 Å². The van der Waals surface area contributed by atoms with Gasteiger partial charge in [0.05, 0.1) is 38.4 Å². The number of aliphatic hydroxyl groups excluding tert-OH is 2. The fourth-order valence-corrected chi connectivity index (χ4v) is 10.8. The largest absolute Gasteiger partial charge is 0.481 e. The smallest absolute Gasteiger partial charge is 0.305 e. The Labute approximate surface area is 670 Å². The van der Waals surface area contributed by atoms with Crippen LogP contribution in [0.25, 0.3) is 0 Å². The molecule has 0 radical (unpaired) electrons. The van der Waals surface area contributed by atoms with E-state index in [1.807, 2.05) is 5.32 Å². The van der Waals surface area contributed by atoms with Gasteiger partial charge in [0.1, 0.15) is 90.6 Å². The van der Waals surface area contributed by atoms with Crippen LogP contribution in [0.2, 0.25) is 0 Å². The van der Waals surface area contributed by atoms with Gasteiger partial charge in [-0.15, -0.1) is 0 Å². The van der Waals surface area contributed by atoms with Gasteiger partial charge in [-0.3, -0.25) is 105 Å². The second kappa shape index (κ2) is 50.6. The highest BCUT2D eigenvalue weighted by molar-refractivity contribution is 6.02. The van der Waals surface area contributed by atoms with Gasteiger partial charge in [0.2, 0.25) is 94.5 Å². The van der Waals surface area contributed by atoms with E-state index < -0.39 is 303 Å². The van der Waals surface area contributed by atoms with Crippen molar-refractivity contribution >= 4 is 130 Å². The number of nitrogens with two attached hydrogens (primary N) is 1. The highest BCUT2D eigenvalue weighted by Gasteiger charge is 2.40. The van der Waals surface area contributed by atoms with Crippen LogP contribution in [0.1, 0.15) is 152 Å². The van der Waals surface area contributed by atoms with E-state index >= 15 is 0 Å². The lowest BCUT2D eigenvalue weighted by atomic mass is 10.00. The monoisotopic (exact) mass is 1660 g/mol. The number of carboxylic acids is 6. The number of aliphatic hydroxyl groups is 2. The van der Waals surface area contributed by atoms with E-state index in [1.54, 1.807) is 44.2 Å². The Morgan fingerprint density at radius 1 is 0.308 bits per heavy atom. The van der Waals surface area contributed by atoms with Crippen LogP contribution in [0.4, 0.5) is 0 Å². The Hall–Kier alpha value is -12.5. The topological polar surface area (TPSA) is 744 Å². The molecule has 46 heteroatoms. The zero-order valence-electron chi connectivity index (χ0n) is 66.2. The standard InChI is InChI=1S/C71H108N16O30/c1-30(2)21-41(63(109)75-35(9)60(106)86-49(29-88)57(72)103)85-71(117)56(36(10)89)87-70(116)48(28-55(101)102)84-66(112)43(23-32(5)6)80-62(108)40(18-20-51(93)94)77-61(107)39(17-19-50(91)92)78-65(111)42(22-31(3)4)81-69(115)47(27-54(99)100)83-68(114)46(26-53(97)98)79-59(105)34(8)73-58(104)33(7)74-64(110)44(24-38-15-13-12-14-16-38)82-67(113)45(25-52(95)96)76-37(11)90/h12-16,30-36,39-49,56,88-89H,17-29H2,1-11H3,(H2,72,103)(H,73,104)(H,74,110)(H,75,109)(H,76,90)(H,77,107)(H,78,111)(H,79,105)(H,80,108)(H,81,115)(H,82,113)(H,83,114)(H,84,112)(H,85,117)(H,86,106)(H,87,116)(H,91,92)(H,93,94)(H,95,96)(H,97,98)(H,99,100)(H,101,102)/t33-,34-,35-,36+,39-,40-,41-,42-,43-,44-,45-,46-,47-,48-,49-,56-/m0/s1. The number of hydrogen-bond acceptors (Lipinski definition) is 24. The molecule has 1 rings (SSSR count). The van der Waals surface area contributed by atoms with E-state index in [4.69, 9.17) is 5.73 Å². The van der Waals surface area contributed by atoms with Crippen molar-refractivity contribution in [2.24, 2.45) is 23.5 Å². The van der Waals surface area contributed by atoms with E-state index in [9.17, 15) is 146 Å². The number of amides is 16. The van der Waals surface area contributed by atoms with Gasteiger partial charge in [-0.05, 0) is 83.1 Å². The maximum atomic E-state index is 14.3. The molecule has 1 aromatic carbocycles. The molecular formula is C71H108N16O30. The summed E-state index contributed by atoms with van der Waals surface area (Å²) in [6.07, 6.45) is -11.1. The molecule has 0 unspecified atom stereocenters. The van der Waals surface area contributed by atoms with Gasteiger partial charge < -0.3 is 126 Å². The minimum Gasteiger partial charge on any atom is -0.481 e. The second-order valence-electron chi connectivity index (χ2n) is 28.7. The number of carboxylic acid groups (broad SMARTS) is 6. The van der Waals surface area contributed by atoms with Crippen LogP contribution in [0.3, 0.4) is 0 Å². The molecule has 25 N–H and O–H groups in total. The lowest BCUT2D eigenvalue weighted by Crippen LogP contribution is -2.62. The molecule has 1 aromatic rings.